The van der Waals surface area contributed by atoms with Crippen molar-refractivity contribution in [3.63, 3.8) is 0 Å². The van der Waals surface area contributed by atoms with Crippen molar-refractivity contribution in [2.45, 2.75) is 90.9 Å². The van der Waals surface area contributed by atoms with Crippen LogP contribution in [0.25, 0.3) is 55.6 Å². The zero-order valence-electron chi connectivity index (χ0n) is 38.7. The molecule has 8 aromatic rings. The summed E-state index contributed by atoms with van der Waals surface area (Å²) >= 11 is 0. The van der Waals surface area contributed by atoms with Gasteiger partial charge < -0.3 is 4.90 Å². The largest absolute Gasteiger partial charge is 0.310 e. The van der Waals surface area contributed by atoms with Gasteiger partial charge in [-0.3, -0.25) is 0 Å². The molecule has 1 heteroatoms. The molecule has 312 valence electrons. The molecule has 2 aliphatic rings. The van der Waals surface area contributed by atoms with Crippen LogP contribution in [0.5, 0.6) is 0 Å². The van der Waals surface area contributed by atoms with E-state index in [4.69, 9.17) is 0 Å². The normalized spacial score (nSPS) is 14.4. The number of benzene rings is 8. The Bertz CT molecular complexity index is 3040. The first-order valence-corrected chi connectivity index (χ1v) is 22.8. The van der Waals surface area contributed by atoms with Crippen molar-refractivity contribution in [1.29, 1.82) is 0 Å². The Morgan fingerprint density at radius 1 is 0.349 bits per heavy atom. The topological polar surface area (TPSA) is 3.24 Å². The highest BCUT2D eigenvalue weighted by atomic mass is 15.1. The van der Waals surface area contributed by atoms with Gasteiger partial charge in [-0.15, -0.1) is 0 Å². The molecule has 0 unspecified atom stereocenters. The molecular formula is C62H59N. The molecule has 10 rings (SSSR count). The van der Waals surface area contributed by atoms with Crippen molar-refractivity contribution in [3.05, 3.63) is 209 Å². The van der Waals surface area contributed by atoms with E-state index in [2.05, 4.69) is 250 Å². The third kappa shape index (κ3) is 6.76. The van der Waals surface area contributed by atoms with Crippen molar-refractivity contribution < 1.29 is 0 Å². The zero-order valence-corrected chi connectivity index (χ0v) is 38.7. The lowest BCUT2D eigenvalue weighted by Gasteiger charge is -2.32. The molecule has 0 bridgehead atoms. The summed E-state index contributed by atoms with van der Waals surface area (Å²) in [5, 5.41) is 0. The van der Waals surface area contributed by atoms with Gasteiger partial charge in [-0.2, -0.15) is 0 Å². The van der Waals surface area contributed by atoms with Gasteiger partial charge in [0.15, 0.2) is 0 Å². The number of nitrogens with zero attached hydrogens (tertiary/aromatic N) is 1. The lowest BCUT2D eigenvalue weighted by atomic mass is 9.71. The second-order valence-electron chi connectivity index (χ2n) is 21.1. The summed E-state index contributed by atoms with van der Waals surface area (Å²) in [4.78, 5) is 2.41. The SMILES string of the molecule is CC(C)(C)c1cc2c(c(C(C)(C)C)c1)C(C)(C)c1cccc(-c3ccc(N(c4ccc(-c5ccccc5)cc4)c4cccc(-c5ccc6c(c5)C(C)(C)c5ccccc5-6)c4)cc3)c1-2. The van der Waals surface area contributed by atoms with Crippen molar-refractivity contribution in [2.75, 3.05) is 4.90 Å². The van der Waals surface area contributed by atoms with Crippen LogP contribution in [0, 0.1) is 0 Å². The molecule has 0 fully saturated rings. The molecule has 0 heterocycles. The van der Waals surface area contributed by atoms with E-state index in [1.54, 1.807) is 0 Å². The van der Waals surface area contributed by atoms with Gasteiger partial charge in [0.2, 0.25) is 0 Å². The lowest BCUT2D eigenvalue weighted by Crippen LogP contribution is -2.24. The highest BCUT2D eigenvalue weighted by molar-refractivity contribution is 5.94. The summed E-state index contributed by atoms with van der Waals surface area (Å²) in [6.45, 7) is 23.7. The summed E-state index contributed by atoms with van der Waals surface area (Å²) in [7, 11) is 0. The molecule has 63 heavy (non-hydrogen) atoms. The van der Waals surface area contributed by atoms with Crippen LogP contribution in [0.3, 0.4) is 0 Å². The van der Waals surface area contributed by atoms with Crippen LogP contribution < -0.4 is 4.90 Å². The van der Waals surface area contributed by atoms with E-state index in [1.807, 2.05) is 0 Å². The lowest BCUT2D eigenvalue weighted by molar-refractivity contribution is 0.545. The van der Waals surface area contributed by atoms with Gasteiger partial charge in [-0.05, 0) is 142 Å². The minimum Gasteiger partial charge on any atom is -0.310 e. The average Bonchev–Trinajstić information content (AvgIpc) is 3.66. The first-order chi connectivity index (χ1) is 30.0. The summed E-state index contributed by atoms with van der Waals surface area (Å²) in [5.41, 5.74) is 24.6. The summed E-state index contributed by atoms with van der Waals surface area (Å²) in [5.74, 6) is 0. The third-order valence-corrected chi connectivity index (χ3v) is 14.1. The van der Waals surface area contributed by atoms with Crippen molar-refractivity contribution in [3.8, 4) is 55.6 Å². The highest BCUT2D eigenvalue weighted by Gasteiger charge is 2.42. The molecule has 0 radical (unpaired) electrons. The van der Waals surface area contributed by atoms with E-state index in [9.17, 15) is 0 Å². The molecule has 2 aliphatic carbocycles. The molecular weight excluding hydrogens is 759 g/mol. The molecule has 8 aromatic carbocycles. The van der Waals surface area contributed by atoms with Gasteiger partial charge in [-0.25, -0.2) is 0 Å². The van der Waals surface area contributed by atoms with E-state index in [0.29, 0.717) is 0 Å². The minimum absolute atomic E-state index is 0.00944. The molecule has 0 atom stereocenters. The van der Waals surface area contributed by atoms with Gasteiger partial charge in [0.1, 0.15) is 0 Å². The molecule has 0 spiro atoms. The van der Waals surface area contributed by atoms with E-state index >= 15 is 0 Å². The molecule has 0 amide bonds. The van der Waals surface area contributed by atoms with E-state index < -0.39 is 0 Å². The quantitative estimate of drug-likeness (QED) is 0.162. The number of hydrogen-bond acceptors (Lipinski definition) is 1. The maximum absolute atomic E-state index is 2.50. The Labute approximate surface area is 376 Å². The van der Waals surface area contributed by atoms with Gasteiger partial charge in [0.25, 0.3) is 0 Å². The Kier molecular flexibility index (Phi) is 9.39. The van der Waals surface area contributed by atoms with E-state index in [0.717, 1.165) is 17.1 Å². The van der Waals surface area contributed by atoms with Crippen LogP contribution in [0.2, 0.25) is 0 Å². The summed E-state index contributed by atoms with van der Waals surface area (Å²) in [6.07, 6.45) is 0. The summed E-state index contributed by atoms with van der Waals surface area (Å²) in [6, 6.07) is 66.0. The molecule has 0 aromatic heterocycles. The number of anilines is 3. The monoisotopic (exact) mass is 817 g/mol. The fraction of sp³-hybridized carbons (Fsp3) is 0.226. The minimum atomic E-state index is -0.119. The Hall–Kier alpha value is -6.44. The van der Waals surface area contributed by atoms with Crippen LogP contribution in [-0.2, 0) is 21.7 Å². The molecule has 0 saturated carbocycles. The number of hydrogen-bond donors (Lipinski definition) is 0. The van der Waals surface area contributed by atoms with Gasteiger partial charge in [0.05, 0.1) is 0 Å². The summed E-state index contributed by atoms with van der Waals surface area (Å²) < 4.78 is 0. The Morgan fingerprint density at radius 3 is 1.57 bits per heavy atom. The van der Waals surface area contributed by atoms with Crippen molar-refractivity contribution >= 4 is 17.1 Å². The molecule has 0 N–H and O–H groups in total. The maximum atomic E-state index is 2.50. The number of fused-ring (bicyclic) bond motifs is 6. The van der Waals surface area contributed by atoms with Crippen LogP contribution in [0.1, 0.15) is 103 Å². The van der Waals surface area contributed by atoms with Gasteiger partial charge >= 0.3 is 0 Å². The van der Waals surface area contributed by atoms with Crippen LogP contribution in [0.15, 0.2) is 176 Å². The average molecular weight is 818 g/mol. The molecule has 0 aliphatic heterocycles. The predicted molar refractivity (Wildman–Crippen MR) is 270 cm³/mol. The Morgan fingerprint density at radius 2 is 0.889 bits per heavy atom. The van der Waals surface area contributed by atoms with Gasteiger partial charge in [-0.1, -0.05) is 203 Å². The van der Waals surface area contributed by atoms with Crippen LogP contribution in [0.4, 0.5) is 17.1 Å². The predicted octanol–water partition coefficient (Wildman–Crippen LogP) is 17.4. The van der Waals surface area contributed by atoms with E-state index in [1.165, 1.54) is 89.0 Å². The Balaban J connectivity index is 1.08. The van der Waals surface area contributed by atoms with Crippen molar-refractivity contribution in [2.24, 2.45) is 0 Å². The standard InChI is InChI=1S/C62H59N/c1-59(2,3)45-38-52-57-49(23-17-25-54(57)62(9,10)58(52)56(39-45)60(4,5)6)42-28-33-47(34-29-42)63(46-31-26-41(27-32-46)40-18-12-11-13-19-40)48-21-16-20-43(36-48)44-30-35-51-50-22-14-15-24-53(50)61(7,8)55(51)37-44/h11-39H,1-10H3. The maximum Gasteiger partial charge on any atom is 0.0467 e. The zero-order chi connectivity index (χ0) is 44.1. The molecule has 1 nitrogen and oxygen atoms in total. The fourth-order valence-corrected chi connectivity index (χ4v) is 10.7. The van der Waals surface area contributed by atoms with Crippen molar-refractivity contribution in [1.82, 2.24) is 0 Å². The second kappa shape index (κ2) is 14.6. The second-order valence-corrected chi connectivity index (χ2v) is 21.1. The highest BCUT2D eigenvalue weighted by Crippen LogP contribution is 2.56. The van der Waals surface area contributed by atoms with E-state index in [-0.39, 0.29) is 21.7 Å². The smallest absolute Gasteiger partial charge is 0.0467 e. The van der Waals surface area contributed by atoms with Crippen LogP contribution >= 0.6 is 0 Å². The fourth-order valence-electron chi connectivity index (χ4n) is 10.7. The van der Waals surface area contributed by atoms with Crippen LogP contribution in [-0.4, -0.2) is 0 Å². The third-order valence-electron chi connectivity index (χ3n) is 14.1. The number of rotatable bonds is 6. The first-order valence-electron chi connectivity index (χ1n) is 22.8. The first kappa shape index (κ1) is 40.6. The molecule has 0 saturated heterocycles. The van der Waals surface area contributed by atoms with Gasteiger partial charge in [0, 0.05) is 27.9 Å².